The predicted octanol–water partition coefficient (Wildman–Crippen LogP) is 4.94. The molecular weight excluding hydrogens is 398 g/mol. The Morgan fingerprint density at radius 2 is 1.94 bits per heavy atom. The quantitative estimate of drug-likeness (QED) is 0.615. The average Bonchev–Trinajstić information content (AvgIpc) is 2.79. The van der Waals surface area contributed by atoms with Crippen LogP contribution in [0.2, 0.25) is 0 Å². The van der Waals surface area contributed by atoms with Gasteiger partial charge < -0.3 is 15.5 Å². The summed E-state index contributed by atoms with van der Waals surface area (Å²) in [7, 11) is 1.83. The van der Waals surface area contributed by atoms with Gasteiger partial charge in [-0.05, 0) is 47.7 Å². The number of amides is 1. The Bertz CT molecular complexity index is 1150. The van der Waals surface area contributed by atoms with E-state index in [9.17, 15) is 4.79 Å². The number of hydrogen-bond acceptors (Lipinski definition) is 5. The highest BCUT2D eigenvalue weighted by Crippen LogP contribution is 2.30. The number of nitrogens with one attached hydrogen (secondary N) is 2. The van der Waals surface area contributed by atoms with E-state index in [0.717, 1.165) is 47.7 Å². The molecule has 32 heavy (non-hydrogen) atoms. The Hall–Kier alpha value is -3.41. The first-order valence-corrected chi connectivity index (χ1v) is 11.0. The maximum Gasteiger partial charge on any atom is 0.255 e. The van der Waals surface area contributed by atoms with Gasteiger partial charge >= 0.3 is 0 Å². The van der Waals surface area contributed by atoms with E-state index >= 15 is 0 Å². The van der Waals surface area contributed by atoms with Crippen LogP contribution in [0.15, 0.2) is 48.7 Å². The average molecular weight is 430 g/mol. The van der Waals surface area contributed by atoms with Gasteiger partial charge in [0, 0.05) is 55.3 Å². The third-order valence-corrected chi connectivity index (χ3v) is 5.96. The lowest BCUT2D eigenvalue weighted by Gasteiger charge is -2.31. The molecule has 0 saturated carbocycles. The Morgan fingerprint density at radius 3 is 2.69 bits per heavy atom. The van der Waals surface area contributed by atoms with Crippen molar-refractivity contribution >= 4 is 23.2 Å². The number of hydrogen-bond donors (Lipinski definition) is 2. The first kappa shape index (κ1) is 21.8. The molecule has 2 aromatic carbocycles. The van der Waals surface area contributed by atoms with E-state index in [2.05, 4.69) is 71.4 Å². The van der Waals surface area contributed by atoms with Crippen LogP contribution in [0.5, 0.6) is 0 Å². The normalized spacial score (nSPS) is 13.5. The van der Waals surface area contributed by atoms with Gasteiger partial charge in [-0.25, -0.2) is 9.97 Å². The Kier molecular flexibility index (Phi) is 5.87. The number of rotatable bonds is 4. The number of aromatic nitrogens is 2. The molecule has 2 heterocycles. The lowest BCUT2D eigenvalue weighted by atomic mass is 9.86. The van der Waals surface area contributed by atoms with Gasteiger partial charge in [0.15, 0.2) is 0 Å². The summed E-state index contributed by atoms with van der Waals surface area (Å²) in [4.78, 5) is 24.2. The topological polar surface area (TPSA) is 70.2 Å². The molecule has 6 heteroatoms. The summed E-state index contributed by atoms with van der Waals surface area (Å²) >= 11 is 0. The summed E-state index contributed by atoms with van der Waals surface area (Å²) in [5.74, 6) is 0.566. The molecule has 2 N–H and O–H groups in total. The van der Waals surface area contributed by atoms with Crippen LogP contribution in [0.25, 0.3) is 0 Å². The number of fused-ring (bicyclic) bond motifs is 1. The van der Waals surface area contributed by atoms with E-state index in [4.69, 9.17) is 0 Å². The first-order valence-electron chi connectivity index (χ1n) is 11.0. The number of carbonyl (C=O) groups excluding carboxylic acids is 1. The maximum absolute atomic E-state index is 12.9. The summed E-state index contributed by atoms with van der Waals surface area (Å²) in [5, 5.41) is 6.08. The van der Waals surface area contributed by atoms with E-state index in [0.29, 0.717) is 11.5 Å². The van der Waals surface area contributed by atoms with Gasteiger partial charge in [-0.15, -0.1) is 0 Å². The molecule has 0 aliphatic carbocycles. The van der Waals surface area contributed by atoms with E-state index in [1.165, 1.54) is 5.56 Å². The molecule has 166 valence electrons. The molecule has 1 aliphatic heterocycles. The highest BCUT2D eigenvalue weighted by atomic mass is 16.1. The van der Waals surface area contributed by atoms with Crippen molar-refractivity contribution in [3.8, 4) is 0 Å². The van der Waals surface area contributed by atoms with Crippen LogP contribution in [0.3, 0.4) is 0 Å². The summed E-state index contributed by atoms with van der Waals surface area (Å²) in [5.41, 5.74) is 7.14. The summed E-state index contributed by atoms with van der Waals surface area (Å²) in [6.07, 6.45) is 2.77. The lowest BCUT2D eigenvalue weighted by molar-refractivity contribution is 0.102. The molecule has 3 aromatic rings. The van der Waals surface area contributed by atoms with Crippen molar-refractivity contribution in [3.63, 3.8) is 0 Å². The fourth-order valence-corrected chi connectivity index (χ4v) is 4.00. The highest BCUT2D eigenvalue weighted by molar-refractivity contribution is 6.04. The van der Waals surface area contributed by atoms with Gasteiger partial charge in [-0.2, -0.15) is 0 Å². The molecule has 1 aliphatic rings. The van der Waals surface area contributed by atoms with Crippen LogP contribution >= 0.6 is 0 Å². The van der Waals surface area contributed by atoms with E-state index in [1.807, 2.05) is 37.5 Å². The van der Waals surface area contributed by atoms with Crippen LogP contribution in [-0.4, -0.2) is 29.5 Å². The third-order valence-electron chi connectivity index (χ3n) is 5.96. The third kappa shape index (κ3) is 4.59. The molecule has 0 unspecified atom stereocenters. The summed E-state index contributed by atoms with van der Waals surface area (Å²) < 4.78 is 0. The van der Waals surface area contributed by atoms with Gasteiger partial charge in [0.2, 0.25) is 5.95 Å². The van der Waals surface area contributed by atoms with Crippen LogP contribution in [0, 0.1) is 6.92 Å². The van der Waals surface area contributed by atoms with Crippen LogP contribution in [0.1, 0.15) is 53.5 Å². The maximum atomic E-state index is 12.9. The van der Waals surface area contributed by atoms with E-state index < -0.39 is 0 Å². The predicted molar refractivity (Wildman–Crippen MR) is 131 cm³/mol. The molecule has 0 bridgehead atoms. The minimum atomic E-state index is -0.0945. The van der Waals surface area contributed by atoms with Gasteiger partial charge in [0.25, 0.3) is 5.91 Å². The fraction of sp³-hybridized carbons (Fsp3) is 0.346. The zero-order valence-electron chi connectivity index (χ0n) is 19.5. The van der Waals surface area contributed by atoms with Crippen LogP contribution < -0.4 is 15.5 Å². The Morgan fingerprint density at radius 1 is 1.12 bits per heavy atom. The minimum Gasteiger partial charge on any atom is -0.366 e. The van der Waals surface area contributed by atoms with E-state index in [-0.39, 0.29) is 11.3 Å². The molecule has 0 atom stereocenters. The van der Waals surface area contributed by atoms with Crippen molar-refractivity contribution < 1.29 is 4.79 Å². The fourth-order valence-electron chi connectivity index (χ4n) is 4.00. The van der Waals surface area contributed by atoms with Crippen LogP contribution in [-0.2, 0) is 18.4 Å². The smallest absolute Gasteiger partial charge is 0.255 e. The molecule has 6 nitrogen and oxygen atoms in total. The van der Waals surface area contributed by atoms with Crippen molar-refractivity contribution in [2.75, 3.05) is 29.1 Å². The number of anilines is 3. The molecule has 0 radical (unpaired) electrons. The number of nitrogens with zero attached hydrogens (tertiary/aromatic N) is 3. The summed E-state index contributed by atoms with van der Waals surface area (Å²) in [6, 6.07) is 13.9. The number of benzene rings is 2. The molecular formula is C26H31N5O. The molecule has 1 aromatic heterocycles. The lowest BCUT2D eigenvalue weighted by Crippen LogP contribution is -2.32. The monoisotopic (exact) mass is 429 g/mol. The second-order valence-corrected chi connectivity index (χ2v) is 9.37. The molecule has 4 rings (SSSR count). The molecule has 1 amide bonds. The van der Waals surface area contributed by atoms with Crippen molar-refractivity contribution in [3.05, 3.63) is 76.6 Å². The number of carbonyl (C=O) groups is 1. The second-order valence-electron chi connectivity index (χ2n) is 9.37. The van der Waals surface area contributed by atoms with Crippen LogP contribution in [0.4, 0.5) is 17.3 Å². The van der Waals surface area contributed by atoms with Gasteiger partial charge in [0.1, 0.15) is 0 Å². The van der Waals surface area contributed by atoms with Crippen molar-refractivity contribution in [2.24, 2.45) is 0 Å². The first-order chi connectivity index (χ1) is 15.2. The second kappa shape index (κ2) is 8.61. The molecule has 0 fully saturated rings. The van der Waals surface area contributed by atoms with Crippen molar-refractivity contribution in [2.45, 2.75) is 46.1 Å². The van der Waals surface area contributed by atoms with Crippen molar-refractivity contribution in [1.29, 1.82) is 0 Å². The number of aryl methyl sites for hydroxylation is 1. The Balaban J connectivity index is 1.54. The van der Waals surface area contributed by atoms with Crippen molar-refractivity contribution in [1.82, 2.24) is 9.97 Å². The Labute approximate surface area is 190 Å². The highest BCUT2D eigenvalue weighted by Gasteiger charge is 2.21. The SMILES string of the molecule is CNc1ncc2c(n1)CCN(c1cc(NC(=O)c3cccc(C(C)(C)C)c3)ccc1C)C2. The van der Waals surface area contributed by atoms with Gasteiger partial charge in [-0.3, -0.25) is 4.79 Å². The summed E-state index contributed by atoms with van der Waals surface area (Å²) in [6.45, 7) is 10.2. The van der Waals surface area contributed by atoms with E-state index in [1.54, 1.807) is 0 Å². The van der Waals surface area contributed by atoms with Gasteiger partial charge in [0.05, 0.1) is 5.69 Å². The zero-order valence-corrected chi connectivity index (χ0v) is 19.5. The largest absolute Gasteiger partial charge is 0.366 e. The van der Waals surface area contributed by atoms with Gasteiger partial charge in [-0.1, -0.05) is 39.0 Å². The molecule has 0 spiro atoms. The standard InChI is InChI=1S/C26H31N5O/c1-17-9-10-21(29-24(32)18-7-6-8-20(13-18)26(2,3)4)14-23(17)31-12-11-22-19(16-31)15-28-25(27-5)30-22/h6-10,13-15H,11-12,16H2,1-5H3,(H,29,32)(H,27,28,30). The molecule has 0 saturated heterocycles. The zero-order chi connectivity index (χ0) is 22.9. The minimum absolute atomic E-state index is 0.00442.